The van der Waals surface area contributed by atoms with Crippen molar-refractivity contribution in [2.75, 3.05) is 17.2 Å². The molecule has 0 radical (unpaired) electrons. The fourth-order valence-electron chi connectivity index (χ4n) is 1.79. The molecule has 1 saturated heterocycles. The highest BCUT2D eigenvalue weighted by Crippen LogP contribution is 2.35. The predicted octanol–water partition coefficient (Wildman–Crippen LogP) is 1.46. The number of nitrogens with zero attached hydrogens (tertiary/aromatic N) is 1. The van der Waals surface area contributed by atoms with E-state index in [1.165, 1.54) is 23.9 Å². The SMILES string of the molecule is Nc1cc([N+](=O)[O-])ccc1S[C@@H]1CCS(=O)(=O)C1. The summed E-state index contributed by atoms with van der Waals surface area (Å²) < 4.78 is 22.7. The van der Waals surface area contributed by atoms with Gasteiger partial charge in [-0.05, 0) is 12.5 Å². The van der Waals surface area contributed by atoms with Crippen LogP contribution in [0.4, 0.5) is 11.4 Å². The fourth-order valence-corrected chi connectivity index (χ4v) is 5.31. The van der Waals surface area contributed by atoms with Crippen LogP contribution in [0, 0.1) is 10.1 Å². The number of hydrogen-bond donors (Lipinski definition) is 1. The van der Waals surface area contributed by atoms with Crippen molar-refractivity contribution in [3.05, 3.63) is 28.3 Å². The Bertz CT molecular complexity index is 586. The van der Waals surface area contributed by atoms with Crippen LogP contribution in [0.15, 0.2) is 23.1 Å². The topological polar surface area (TPSA) is 103 Å². The zero-order chi connectivity index (χ0) is 13.3. The average molecular weight is 288 g/mol. The predicted molar refractivity (Wildman–Crippen MR) is 70.4 cm³/mol. The first-order valence-corrected chi connectivity index (χ1v) is 7.98. The molecule has 2 rings (SSSR count). The molecule has 1 aliphatic rings. The first kappa shape index (κ1) is 13.2. The van der Waals surface area contributed by atoms with Crippen molar-refractivity contribution in [1.82, 2.24) is 0 Å². The first-order chi connectivity index (χ1) is 8.37. The quantitative estimate of drug-likeness (QED) is 0.513. The van der Waals surface area contributed by atoms with Crippen LogP contribution in [0.1, 0.15) is 6.42 Å². The molecule has 18 heavy (non-hydrogen) atoms. The third kappa shape index (κ3) is 2.94. The average Bonchev–Trinajstić information content (AvgIpc) is 2.61. The summed E-state index contributed by atoms with van der Waals surface area (Å²) in [6.07, 6.45) is 0.601. The van der Waals surface area contributed by atoms with Crippen molar-refractivity contribution < 1.29 is 13.3 Å². The van der Waals surface area contributed by atoms with Crippen LogP contribution in [-0.4, -0.2) is 30.1 Å². The highest BCUT2D eigenvalue weighted by Gasteiger charge is 2.29. The lowest BCUT2D eigenvalue weighted by atomic mass is 10.3. The number of nitro benzene ring substituents is 1. The number of nitro groups is 1. The Balaban J connectivity index is 2.13. The molecule has 1 fully saturated rings. The third-order valence-electron chi connectivity index (χ3n) is 2.69. The van der Waals surface area contributed by atoms with Gasteiger partial charge in [0.1, 0.15) is 0 Å². The Hall–Kier alpha value is -1.28. The Labute approximate surface area is 109 Å². The molecule has 2 N–H and O–H groups in total. The highest BCUT2D eigenvalue weighted by atomic mass is 32.2. The van der Waals surface area contributed by atoms with E-state index in [0.717, 1.165) is 0 Å². The van der Waals surface area contributed by atoms with Crippen molar-refractivity contribution in [3.8, 4) is 0 Å². The highest BCUT2D eigenvalue weighted by molar-refractivity contribution is 8.02. The minimum atomic E-state index is -2.92. The van der Waals surface area contributed by atoms with Gasteiger partial charge >= 0.3 is 0 Å². The van der Waals surface area contributed by atoms with Crippen molar-refractivity contribution in [1.29, 1.82) is 0 Å². The van der Waals surface area contributed by atoms with Gasteiger partial charge in [-0.15, -0.1) is 11.8 Å². The third-order valence-corrected chi connectivity index (χ3v) is 6.03. The number of benzene rings is 1. The van der Waals surface area contributed by atoms with Crippen LogP contribution in [0.3, 0.4) is 0 Å². The number of anilines is 1. The summed E-state index contributed by atoms with van der Waals surface area (Å²) in [5.41, 5.74) is 5.99. The van der Waals surface area contributed by atoms with Crippen molar-refractivity contribution in [3.63, 3.8) is 0 Å². The molecule has 0 amide bonds. The standard InChI is InChI=1S/C10H12N2O4S2/c11-9-5-7(12(13)14)1-2-10(9)17-8-3-4-18(15,16)6-8/h1-2,5,8H,3-4,6,11H2/t8-/m1/s1. The van der Waals surface area contributed by atoms with E-state index in [2.05, 4.69) is 0 Å². The molecule has 0 bridgehead atoms. The summed E-state index contributed by atoms with van der Waals surface area (Å²) in [4.78, 5) is 10.7. The number of nitrogen functional groups attached to an aromatic ring is 1. The van der Waals surface area contributed by atoms with Crippen molar-refractivity contribution >= 4 is 33.0 Å². The molecule has 1 aromatic carbocycles. The van der Waals surface area contributed by atoms with Gasteiger partial charge in [-0.3, -0.25) is 10.1 Å². The van der Waals surface area contributed by atoms with E-state index in [1.54, 1.807) is 6.07 Å². The van der Waals surface area contributed by atoms with Gasteiger partial charge in [0.05, 0.1) is 22.1 Å². The largest absolute Gasteiger partial charge is 0.398 e. The minimum Gasteiger partial charge on any atom is -0.398 e. The summed E-state index contributed by atoms with van der Waals surface area (Å²) >= 11 is 1.37. The van der Waals surface area contributed by atoms with Crippen LogP contribution in [-0.2, 0) is 9.84 Å². The van der Waals surface area contributed by atoms with Crippen LogP contribution < -0.4 is 5.73 Å². The maximum atomic E-state index is 11.3. The van der Waals surface area contributed by atoms with E-state index in [4.69, 9.17) is 5.73 Å². The van der Waals surface area contributed by atoms with Crippen molar-refractivity contribution in [2.45, 2.75) is 16.6 Å². The number of sulfone groups is 1. The Morgan fingerprint density at radius 1 is 1.44 bits per heavy atom. The number of rotatable bonds is 3. The number of thioether (sulfide) groups is 1. The zero-order valence-electron chi connectivity index (χ0n) is 9.40. The van der Waals surface area contributed by atoms with Crippen LogP contribution in [0.2, 0.25) is 0 Å². The summed E-state index contributed by atoms with van der Waals surface area (Å²) in [7, 11) is -2.92. The van der Waals surface area contributed by atoms with E-state index < -0.39 is 14.8 Å². The Morgan fingerprint density at radius 2 is 2.17 bits per heavy atom. The van der Waals surface area contributed by atoms with Crippen LogP contribution in [0.25, 0.3) is 0 Å². The van der Waals surface area contributed by atoms with E-state index in [1.807, 2.05) is 0 Å². The van der Waals surface area contributed by atoms with E-state index in [9.17, 15) is 18.5 Å². The summed E-state index contributed by atoms with van der Waals surface area (Å²) in [6.45, 7) is 0. The summed E-state index contributed by atoms with van der Waals surface area (Å²) in [5, 5.41) is 10.5. The lowest BCUT2D eigenvalue weighted by Crippen LogP contribution is -2.06. The zero-order valence-corrected chi connectivity index (χ0v) is 11.0. The van der Waals surface area contributed by atoms with Gasteiger partial charge in [0.15, 0.2) is 9.84 Å². The van der Waals surface area contributed by atoms with Gasteiger partial charge in [-0.1, -0.05) is 0 Å². The lowest BCUT2D eigenvalue weighted by Gasteiger charge is -2.09. The van der Waals surface area contributed by atoms with Gasteiger partial charge in [-0.2, -0.15) is 0 Å². The molecule has 1 atom stereocenters. The van der Waals surface area contributed by atoms with E-state index in [-0.39, 0.29) is 22.4 Å². The van der Waals surface area contributed by atoms with Gasteiger partial charge in [-0.25, -0.2) is 8.42 Å². The molecule has 0 aromatic heterocycles. The number of hydrogen-bond acceptors (Lipinski definition) is 6. The maximum absolute atomic E-state index is 11.3. The molecule has 0 unspecified atom stereocenters. The van der Waals surface area contributed by atoms with Crippen molar-refractivity contribution in [2.24, 2.45) is 0 Å². The smallest absolute Gasteiger partial charge is 0.271 e. The minimum absolute atomic E-state index is 0.0150. The summed E-state index contributed by atoms with van der Waals surface area (Å²) in [6, 6.07) is 4.25. The van der Waals surface area contributed by atoms with Gasteiger partial charge in [0, 0.05) is 22.3 Å². The van der Waals surface area contributed by atoms with E-state index >= 15 is 0 Å². The molecule has 8 heteroatoms. The van der Waals surface area contributed by atoms with Gasteiger partial charge in [0.25, 0.3) is 5.69 Å². The molecule has 0 saturated carbocycles. The van der Waals surface area contributed by atoms with Crippen LogP contribution in [0.5, 0.6) is 0 Å². The Kier molecular flexibility index (Phi) is 3.49. The maximum Gasteiger partial charge on any atom is 0.271 e. The normalized spacial score (nSPS) is 21.9. The summed E-state index contributed by atoms with van der Waals surface area (Å²) in [5.74, 6) is 0.353. The molecule has 6 nitrogen and oxygen atoms in total. The molecule has 0 spiro atoms. The lowest BCUT2D eigenvalue weighted by molar-refractivity contribution is -0.384. The molecule has 0 aliphatic carbocycles. The number of non-ortho nitro benzene ring substituents is 1. The molecular formula is C10H12N2O4S2. The first-order valence-electron chi connectivity index (χ1n) is 5.28. The molecule has 1 aromatic rings. The molecular weight excluding hydrogens is 276 g/mol. The second-order valence-corrected chi connectivity index (χ2v) is 7.69. The second-order valence-electron chi connectivity index (χ2n) is 4.12. The molecule has 1 heterocycles. The van der Waals surface area contributed by atoms with E-state index in [0.29, 0.717) is 17.0 Å². The number of nitrogens with two attached hydrogens (primary N) is 1. The molecule has 98 valence electrons. The van der Waals surface area contributed by atoms with Crippen LogP contribution >= 0.6 is 11.8 Å². The monoisotopic (exact) mass is 288 g/mol. The van der Waals surface area contributed by atoms with Gasteiger partial charge < -0.3 is 5.73 Å². The Morgan fingerprint density at radius 3 is 2.67 bits per heavy atom. The second kappa shape index (κ2) is 4.77. The molecule has 1 aliphatic heterocycles. The van der Waals surface area contributed by atoms with Gasteiger partial charge in [0.2, 0.25) is 0 Å². The fraction of sp³-hybridized carbons (Fsp3) is 0.400.